The van der Waals surface area contributed by atoms with E-state index in [0.29, 0.717) is 61.9 Å². The highest BCUT2D eigenvalue weighted by molar-refractivity contribution is 5.88. The number of carbonyl (C=O) groups is 3. The summed E-state index contributed by atoms with van der Waals surface area (Å²) < 4.78 is 0. The number of rotatable bonds is 12. The number of carboxylic acids is 1. The standard InChI is InChI=1S/C27H48N4O4/c1-17-19(14-20-15-21(17)27(20,2)3)16-29-24(32)23(13-18-9-5-4-6-10-18)31-26(35)30-22(25(33)34)11-7-8-12-28/h17-23H,4-16,28H2,1-3H3,(H,29,32)(H,33,34)(H2,30,31,35)/t17-,19?,20?,21+,22+,23-/m1/s1. The Morgan fingerprint density at radius 1 is 1.03 bits per heavy atom. The molecule has 8 heteroatoms. The predicted molar refractivity (Wildman–Crippen MR) is 137 cm³/mol. The fourth-order valence-electron chi connectivity index (χ4n) is 6.98. The van der Waals surface area contributed by atoms with E-state index in [1.165, 1.54) is 12.8 Å². The topological polar surface area (TPSA) is 134 Å². The molecule has 4 aliphatic rings. The maximum atomic E-state index is 13.3. The zero-order chi connectivity index (χ0) is 25.6. The molecule has 0 aliphatic heterocycles. The smallest absolute Gasteiger partial charge is 0.326 e. The lowest BCUT2D eigenvalue weighted by Gasteiger charge is -2.62. The average molecular weight is 493 g/mol. The molecule has 0 aromatic carbocycles. The highest BCUT2D eigenvalue weighted by atomic mass is 16.4. The van der Waals surface area contributed by atoms with Crippen molar-refractivity contribution in [2.24, 2.45) is 40.7 Å². The van der Waals surface area contributed by atoms with E-state index >= 15 is 0 Å². The van der Waals surface area contributed by atoms with E-state index in [1.807, 2.05) is 0 Å². The Bertz CT molecular complexity index is 737. The number of hydrogen-bond donors (Lipinski definition) is 5. The lowest BCUT2D eigenvalue weighted by atomic mass is 9.43. The molecule has 0 aromatic rings. The van der Waals surface area contributed by atoms with Gasteiger partial charge in [0.1, 0.15) is 12.1 Å². The maximum Gasteiger partial charge on any atom is 0.326 e. The molecule has 6 atom stereocenters. The molecule has 0 radical (unpaired) electrons. The van der Waals surface area contributed by atoms with Gasteiger partial charge in [-0.25, -0.2) is 9.59 Å². The lowest BCUT2D eigenvalue weighted by molar-refractivity contribution is -0.139. The van der Waals surface area contributed by atoms with Gasteiger partial charge in [0.2, 0.25) is 5.91 Å². The largest absolute Gasteiger partial charge is 0.480 e. The van der Waals surface area contributed by atoms with Crippen molar-refractivity contribution < 1.29 is 19.5 Å². The summed E-state index contributed by atoms with van der Waals surface area (Å²) in [6.45, 7) is 8.20. The van der Waals surface area contributed by atoms with E-state index in [4.69, 9.17) is 5.73 Å². The van der Waals surface area contributed by atoms with Gasteiger partial charge in [-0.1, -0.05) is 52.9 Å². The third kappa shape index (κ3) is 7.11. The Hall–Kier alpha value is -1.83. The van der Waals surface area contributed by atoms with E-state index < -0.39 is 24.1 Å². The first-order chi connectivity index (χ1) is 16.6. The molecule has 4 aliphatic carbocycles. The Morgan fingerprint density at radius 3 is 2.31 bits per heavy atom. The molecule has 2 unspecified atom stereocenters. The van der Waals surface area contributed by atoms with Gasteiger partial charge < -0.3 is 26.8 Å². The Balaban J connectivity index is 1.56. The number of carbonyl (C=O) groups excluding carboxylic acids is 2. The zero-order valence-electron chi connectivity index (χ0n) is 22.0. The van der Waals surface area contributed by atoms with Gasteiger partial charge in [0.15, 0.2) is 0 Å². The number of hydrogen-bond acceptors (Lipinski definition) is 4. The van der Waals surface area contributed by atoms with Crippen molar-refractivity contribution in [3.63, 3.8) is 0 Å². The van der Waals surface area contributed by atoms with Crippen LogP contribution in [0.5, 0.6) is 0 Å². The van der Waals surface area contributed by atoms with Crippen molar-refractivity contribution in [3.8, 4) is 0 Å². The summed E-state index contributed by atoms with van der Waals surface area (Å²) in [4.78, 5) is 37.6. The van der Waals surface area contributed by atoms with Crippen LogP contribution in [-0.2, 0) is 9.59 Å². The molecule has 8 nitrogen and oxygen atoms in total. The average Bonchev–Trinajstić information content (AvgIpc) is 2.82. The number of nitrogens with two attached hydrogens (primary N) is 1. The van der Waals surface area contributed by atoms with E-state index in [-0.39, 0.29) is 5.91 Å². The van der Waals surface area contributed by atoms with Crippen molar-refractivity contribution >= 4 is 17.9 Å². The molecule has 2 bridgehead atoms. The fraction of sp³-hybridized carbons (Fsp3) is 0.889. The van der Waals surface area contributed by atoms with Crippen LogP contribution in [0.25, 0.3) is 0 Å². The molecule has 0 saturated heterocycles. The van der Waals surface area contributed by atoms with Gasteiger partial charge >= 0.3 is 12.0 Å². The van der Waals surface area contributed by atoms with E-state index in [2.05, 4.69) is 36.7 Å². The van der Waals surface area contributed by atoms with Gasteiger partial charge in [-0.3, -0.25) is 4.79 Å². The van der Waals surface area contributed by atoms with E-state index in [0.717, 1.165) is 43.9 Å². The minimum atomic E-state index is -1.07. The van der Waals surface area contributed by atoms with Gasteiger partial charge in [-0.2, -0.15) is 0 Å². The minimum Gasteiger partial charge on any atom is -0.480 e. The van der Waals surface area contributed by atoms with Crippen LogP contribution in [0.3, 0.4) is 0 Å². The first-order valence-corrected chi connectivity index (χ1v) is 13.9. The van der Waals surface area contributed by atoms with Crippen molar-refractivity contribution in [2.45, 2.75) is 103 Å². The summed E-state index contributed by atoms with van der Waals surface area (Å²) >= 11 is 0. The van der Waals surface area contributed by atoms with Crippen molar-refractivity contribution in [1.29, 1.82) is 0 Å². The summed E-state index contributed by atoms with van der Waals surface area (Å²) in [5.41, 5.74) is 5.91. The third-order valence-electron chi connectivity index (χ3n) is 9.52. The summed E-state index contributed by atoms with van der Waals surface area (Å²) in [6, 6.07) is -2.23. The molecule has 0 spiro atoms. The van der Waals surface area contributed by atoms with Gasteiger partial charge in [0.25, 0.3) is 0 Å². The molecule has 200 valence electrons. The number of amides is 3. The van der Waals surface area contributed by atoms with Crippen molar-refractivity contribution in [3.05, 3.63) is 0 Å². The number of aliphatic carboxylic acids is 1. The highest BCUT2D eigenvalue weighted by Crippen LogP contribution is 2.62. The van der Waals surface area contributed by atoms with Crippen LogP contribution < -0.4 is 21.7 Å². The number of nitrogens with one attached hydrogen (secondary N) is 3. The lowest BCUT2D eigenvalue weighted by Crippen LogP contribution is -2.58. The third-order valence-corrected chi connectivity index (χ3v) is 9.52. The Labute approximate surface area is 210 Å². The van der Waals surface area contributed by atoms with Gasteiger partial charge in [0, 0.05) is 6.54 Å². The molecular weight excluding hydrogens is 444 g/mol. The monoisotopic (exact) mass is 492 g/mol. The van der Waals surface area contributed by atoms with Crippen molar-refractivity contribution in [2.75, 3.05) is 13.1 Å². The van der Waals surface area contributed by atoms with Crippen LogP contribution in [0.1, 0.15) is 91.4 Å². The molecule has 6 N–H and O–H groups in total. The molecule has 4 rings (SSSR count). The Morgan fingerprint density at radius 2 is 1.71 bits per heavy atom. The second kappa shape index (κ2) is 12.4. The normalized spacial score (nSPS) is 29.4. The molecule has 35 heavy (non-hydrogen) atoms. The number of urea groups is 1. The minimum absolute atomic E-state index is 0.147. The van der Waals surface area contributed by atoms with E-state index in [9.17, 15) is 19.5 Å². The molecule has 0 aromatic heterocycles. The maximum absolute atomic E-state index is 13.3. The molecule has 3 amide bonds. The van der Waals surface area contributed by atoms with Gasteiger partial charge in [-0.15, -0.1) is 0 Å². The zero-order valence-corrected chi connectivity index (χ0v) is 22.0. The number of unbranched alkanes of at least 4 members (excludes halogenated alkanes) is 1. The highest BCUT2D eigenvalue weighted by Gasteiger charge is 2.56. The second-order valence-electron chi connectivity index (χ2n) is 12.0. The van der Waals surface area contributed by atoms with Crippen LogP contribution in [0, 0.1) is 35.0 Å². The van der Waals surface area contributed by atoms with Crippen LogP contribution >= 0.6 is 0 Å². The number of carboxylic acid groups (broad SMARTS) is 1. The first-order valence-electron chi connectivity index (χ1n) is 13.9. The van der Waals surface area contributed by atoms with Gasteiger partial charge in [-0.05, 0) is 80.1 Å². The number of fused-ring (bicyclic) bond motifs is 2. The molecule has 4 fully saturated rings. The summed E-state index contributed by atoms with van der Waals surface area (Å²) in [5.74, 6) is 1.69. The first kappa shape index (κ1) is 27.8. The van der Waals surface area contributed by atoms with E-state index in [1.54, 1.807) is 0 Å². The quantitative estimate of drug-likeness (QED) is 0.265. The summed E-state index contributed by atoms with van der Waals surface area (Å²) in [5, 5.41) is 18.0. The van der Waals surface area contributed by atoms with Gasteiger partial charge in [0.05, 0.1) is 0 Å². The fourth-order valence-corrected chi connectivity index (χ4v) is 6.98. The van der Waals surface area contributed by atoms with Crippen LogP contribution in [0.2, 0.25) is 0 Å². The second-order valence-corrected chi connectivity index (χ2v) is 12.0. The molecule has 4 saturated carbocycles. The Kier molecular flexibility index (Phi) is 9.85. The summed E-state index contributed by atoms with van der Waals surface area (Å²) in [6.07, 6.45) is 10.4. The van der Waals surface area contributed by atoms with Crippen LogP contribution in [0.15, 0.2) is 0 Å². The SMILES string of the molecule is C[C@@H]1C(CNC(=O)[C@@H](CC2CCCCC2)NC(=O)N[C@@H](CCCCN)C(=O)O)CC2C[C@@H]1C2(C)C. The summed E-state index contributed by atoms with van der Waals surface area (Å²) in [7, 11) is 0. The molecular formula is C27H48N4O4. The molecule has 0 heterocycles. The predicted octanol–water partition coefficient (Wildman–Crippen LogP) is 3.64. The van der Waals surface area contributed by atoms with Crippen LogP contribution in [-0.4, -0.2) is 48.2 Å². The van der Waals surface area contributed by atoms with Crippen molar-refractivity contribution in [1.82, 2.24) is 16.0 Å². The van der Waals surface area contributed by atoms with Crippen LogP contribution in [0.4, 0.5) is 4.79 Å².